The highest BCUT2D eigenvalue weighted by molar-refractivity contribution is 5.91. The molecule has 2 amide bonds. The molecule has 1 N–H and O–H groups in total. The van der Waals surface area contributed by atoms with Crippen LogP contribution in [0.15, 0.2) is 53.1 Å². The van der Waals surface area contributed by atoms with Crippen LogP contribution < -0.4 is 5.32 Å². The minimum absolute atomic E-state index is 0.0613. The molecule has 1 aromatic carbocycles. The lowest BCUT2D eigenvalue weighted by Crippen LogP contribution is -2.42. The molecule has 1 aliphatic rings. The Bertz CT molecular complexity index is 692. The van der Waals surface area contributed by atoms with Crippen molar-refractivity contribution in [2.24, 2.45) is 0 Å². The van der Waals surface area contributed by atoms with Crippen LogP contribution in [0.5, 0.6) is 0 Å². The van der Waals surface area contributed by atoms with Gasteiger partial charge in [0, 0.05) is 26.1 Å². The molecule has 3 rings (SSSR count). The van der Waals surface area contributed by atoms with Gasteiger partial charge in [-0.3, -0.25) is 9.59 Å². The van der Waals surface area contributed by atoms with Crippen LogP contribution in [0.3, 0.4) is 0 Å². The van der Waals surface area contributed by atoms with E-state index in [1.54, 1.807) is 12.1 Å². The molecule has 6 heteroatoms. The van der Waals surface area contributed by atoms with Gasteiger partial charge in [-0.2, -0.15) is 0 Å². The number of likely N-dealkylation sites (tertiary alicyclic amines) is 1. The summed E-state index contributed by atoms with van der Waals surface area (Å²) in [5.74, 6) is 0.0240. The fourth-order valence-electron chi connectivity index (χ4n) is 3.00. The normalized spacial score (nSPS) is 15.0. The fraction of sp³-hybridized carbons (Fsp3) is 0.400. The Labute approximate surface area is 153 Å². The van der Waals surface area contributed by atoms with Crippen molar-refractivity contribution in [3.63, 3.8) is 0 Å². The molecular weight excluding hydrogens is 332 g/mol. The van der Waals surface area contributed by atoms with Crippen LogP contribution in [0, 0.1) is 0 Å². The molecule has 2 heterocycles. The van der Waals surface area contributed by atoms with Crippen LogP contribution in [-0.4, -0.2) is 42.5 Å². The average Bonchev–Trinajstić information content (AvgIpc) is 3.22. The van der Waals surface area contributed by atoms with Crippen LogP contribution in [0.4, 0.5) is 0 Å². The highest BCUT2D eigenvalue weighted by Gasteiger charge is 2.23. The molecule has 1 aliphatic heterocycles. The first kappa shape index (κ1) is 18.2. The second kappa shape index (κ2) is 9.20. The molecular formula is C20H24N2O4. The molecule has 26 heavy (non-hydrogen) atoms. The van der Waals surface area contributed by atoms with Crippen LogP contribution in [0.1, 0.15) is 35.4 Å². The number of nitrogens with one attached hydrogen (secondary N) is 1. The third kappa shape index (κ3) is 5.20. The molecule has 138 valence electrons. The molecule has 1 aromatic heterocycles. The maximum absolute atomic E-state index is 12.3. The molecule has 6 nitrogen and oxygen atoms in total. The van der Waals surface area contributed by atoms with E-state index in [1.165, 1.54) is 11.8 Å². The Morgan fingerprint density at radius 2 is 1.88 bits per heavy atom. The van der Waals surface area contributed by atoms with Crippen molar-refractivity contribution in [2.75, 3.05) is 19.6 Å². The van der Waals surface area contributed by atoms with E-state index in [4.69, 9.17) is 9.15 Å². The summed E-state index contributed by atoms with van der Waals surface area (Å²) in [7, 11) is 0. The number of carbonyl (C=O) groups excluding carboxylic acids is 2. The van der Waals surface area contributed by atoms with Gasteiger partial charge in [-0.25, -0.2) is 0 Å². The van der Waals surface area contributed by atoms with Gasteiger partial charge in [0.1, 0.15) is 0 Å². The fourth-order valence-corrected chi connectivity index (χ4v) is 3.00. The highest BCUT2D eigenvalue weighted by atomic mass is 16.5. The second-order valence-electron chi connectivity index (χ2n) is 6.36. The Hall–Kier alpha value is -2.60. The molecule has 0 bridgehead atoms. The first-order valence-electron chi connectivity index (χ1n) is 8.97. The Balaban J connectivity index is 1.32. The molecule has 0 unspecified atom stereocenters. The maximum Gasteiger partial charge on any atom is 0.286 e. The molecule has 1 saturated heterocycles. The highest BCUT2D eigenvalue weighted by Crippen LogP contribution is 2.16. The van der Waals surface area contributed by atoms with E-state index < -0.39 is 0 Å². The smallest absolute Gasteiger partial charge is 0.286 e. The summed E-state index contributed by atoms with van der Waals surface area (Å²) in [5, 5.41) is 2.70. The van der Waals surface area contributed by atoms with Crippen LogP contribution in [0.25, 0.3) is 0 Å². The quantitative estimate of drug-likeness (QED) is 0.828. The van der Waals surface area contributed by atoms with Crippen molar-refractivity contribution in [1.82, 2.24) is 10.2 Å². The first-order valence-corrected chi connectivity index (χ1v) is 8.97. The van der Waals surface area contributed by atoms with E-state index in [-0.39, 0.29) is 23.7 Å². The van der Waals surface area contributed by atoms with Crippen LogP contribution in [-0.2, 0) is 16.1 Å². The number of hydrogen-bond acceptors (Lipinski definition) is 4. The molecule has 0 aliphatic carbocycles. The zero-order chi connectivity index (χ0) is 18.2. The number of nitrogens with zero attached hydrogens (tertiary/aromatic N) is 1. The van der Waals surface area contributed by atoms with Crippen molar-refractivity contribution in [3.05, 3.63) is 60.1 Å². The molecule has 2 aromatic rings. The topological polar surface area (TPSA) is 71.8 Å². The molecule has 0 spiro atoms. The summed E-state index contributed by atoms with van der Waals surface area (Å²) >= 11 is 0. The number of hydrogen-bond donors (Lipinski definition) is 1. The van der Waals surface area contributed by atoms with E-state index >= 15 is 0 Å². The first-order chi connectivity index (χ1) is 12.7. The van der Waals surface area contributed by atoms with E-state index in [9.17, 15) is 9.59 Å². The lowest BCUT2D eigenvalue weighted by molar-refractivity contribution is -0.133. The van der Waals surface area contributed by atoms with Crippen molar-refractivity contribution >= 4 is 11.8 Å². The standard InChI is InChI=1S/C20H24N2O4/c23-19(8-11-21-20(24)18-7-4-14-25-18)22-12-9-17(10-13-22)26-15-16-5-2-1-3-6-16/h1-7,14,17H,8-13,15H2,(H,21,24). The number of benzene rings is 1. The predicted octanol–water partition coefficient (Wildman–Crippen LogP) is 2.61. The Morgan fingerprint density at radius 1 is 1.12 bits per heavy atom. The Morgan fingerprint density at radius 3 is 2.58 bits per heavy atom. The Kier molecular flexibility index (Phi) is 6.44. The number of ether oxygens (including phenoxy) is 1. The maximum atomic E-state index is 12.3. The van der Waals surface area contributed by atoms with Gasteiger partial charge in [0.25, 0.3) is 5.91 Å². The monoisotopic (exact) mass is 356 g/mol. The minimum Gasteiger partial charge on any atom is -0.459 e. The summed E-state index contributed by atoms with van der Waals surface area (Å²) in [6.45, 7) is 2.32. The van der Waals surface area contributed by atoms with Crippen molar-refractivity contribution < 1.29 is 18.7 Å². The van der Waals surface area contributed by atoms with Gasteiger partial charge < -0.3 is 19.4 Å². The largest absolute Gasteiger partial charge is 0.459 e. The third-order valence-electron chi connectivity index (χ3n) is 4.49. The molecule has 0 radical (unpaired) electrons. The number of piperidine rings is 1. The van der Waals surface area contributed by atoms with Gasteiger partial charge in [0.2, 0.25) is 5.91 Å². The van der Waals surface area contributed by atoms with Gasteiger partial charge in [0.15, 0.2) is 5.76 Å². The van der Waals surface area contributed by atoms with E-state index in [0.29, 0.717) is 32.7 Å². The molecule has 0 saturated carbocycles. The van der Waals surface area contributed by atoms with E-state index in [2.05, 4.69) is 17.4 Å². The zero-order valence-corrected chi connectivity index (χ0v) is 14.7. The van der Waals surface area contributed by atoms with Gasteiger partial charge in [-0.1, -0.05) is 30.3 Å². The van der Waals surface area contributed by atoms with Gasteiger partial charge in [-0.15, -0.1) is 0 Å². The number of carbonyl (C=O) groups is 2. The summed E-state index contributed by atoms with van der Waals surface area (Å²) < 4.78 is 11.0. The molecule has 1 fully saturated rings. The lowest BCUT2D eigenvalue weighted by atomic mass is 10.1. The van der Waals surface area contributed by atoms with Crippen molar-refractivity contribution in [2.45, 2.75) is 32.0 Å². The van der Waals surface area contributed by atoms with E-state index in [1.807, 2.05) is 23.1 Å². The third-order valence-corrected chi connectivity index (χ3v) is 4.49. The van der Waals surface area contributed by atoms with Gasteiger partial charge >= 0.3 is 0 Å². The summed E-state index contributed by atoms with van der Waals surface area (Å²) in [6, 6.07) is 13.4. The number of furan rings is 1. The second-order valence-corrected chi connectivity index (χ2v) is 6.36. The van der Waals surface area contributed by atoms with Gasteiger partial charge in [-0.05, 0) is 30.5 Å². The summed E-state index contributed by atoms with van der Waals surface area (Å²) in [4.78, 5) is 25.9. The van der Waals surface area contributed by atoms with Crippen molar-refractivity contribution in [1.29, 1.82) is 0 Å². The van der Waals surface area contributed by atoms with Crippen molar-refractivity contribution in [3.8, 4) is 0 Å². The van der Waals surface area contributed by atoms with Crippen LogP contribution in [0.2, 0.25) is 0 Å². The lowest BCUT2D eigenvalue weighted by Gasteiger charge is -2.32. The minimum atomic E-state index is -0.296. The summed E-state index contributed by atoms with van der Waals surface area (Å²) in [6.07, 6.45) is 3.62. The SMILES string of the molecule is O=C(NCCC(=O)N1CCC(OCc2ccccc2)CC1)c1ccco1. The zero-order valence-electron chi connectivity index (χ0n) is 14.7. The van der Waals surface area contributed by atoms with Gasteiger partial charge in [0.05, 0.1) is 19.0 Å². The molecule has 0 atom stereocenters. The number of rotatable bonds is 7. The predicted molar refractivity (Wildman–Crippen MR) is 96.5 cm³/mol. The van der Waals surface area contributed by atoms with Crippen LogP contribution >= 0.6 is 0 Å². The summed E-state index contributed by atoms with van der Waals surface area (Å²) in [5.41, 5.74) is 1.17. The van der Waals surface area contributed by atoms with E-state index in [0.717, 1.165) is 12.8 Å². The number of amides is 2. The average molecular weight is 356 g/mol.